The molecular formula is C7H10N2O2. The number of nitrogen functional groups attached to an aromatic ring is 1. The van der Waals surface area contributed by atoms with Crippen LogP contribution in [0.25, 0.3) is 0 Å². The smallest absolute Gasteiger partial charge is 0.222 e. The zero-order chi connectivity index (χ0) is 8.27. The largest absolute Gasteiger partial charge is 0.368 e. The Balaban J connectivity index is 2.57. The molecule has 11 heavy (non-hydrogen) atoms. The topological polar surface area (TPSA) is 69.1 Å². The number of aromatic nitrogens is 1. The first kappa shape index (κ1) is 7.78. The number of carbonyl (C=O) groups excluding carboxylic acids is 1. The fourth-order valence-electron chi connectivity index (χ4n) is 0.739. The van der Waals surface area contributed by atoms with Crippen LogP contribution in [0.3, 0.4) is 0 Å². The second-order valence-electron chi connectivity index (χ2n) is 2.29. The third kappa shape index (κ3) is 2.07. The van der Waals surface area contributed by atoms with Gasteiger partial charge in [0.25, 0.3) is 0 Å². The Kier molecular flexibility index (Phi) is 2.25. The molecule has 60 valence electrons. The normalized spacial score (nSPS) is 9.91. The second kappa shape index (κ2) is 3.18. The van der Waals surface area contributed by atoms with E-state index in [0.29, 0.717) is 18.5 Å². The Labute approximate surface area is 64.4 Å². The molecule has 0 aliphatic carbocycles. The number of hydrogen-bond acceptors (Lipinski definition) is 4. The van der Waals surface area contributed by atoms with Gasteiger partial charge in [0, 0.05) is 12.5 Å². The molecule has 0 saturated carbocycles. The Morgan fingerprint density at radius 1 is 1.82 bits per heavy atom. The van der Waals surface area contributed by atoms with E-state index in [1.807, 2.05) is 6.92 Å². The monoisotopic (exact) mass is 154 g/mol. The summed E-state index contributed by atoms with van der Waals surface area (Å²) in [7, 11) is 0. The molecule has 0 aromatic carbocycles. The van der Waals surface area contributed by atoms with Gasteiger partial charge in [-0.05, 0) is 0 Å². The minimum atomic E-state index is 0.137. The Hall–Kier alpha value is -1.32. The number of hydrogen-bond donors (Lipinski definition) is 1. The molecule has 0 aliphatic heterocycles. The quantitative estimate of drug-likeness (QED) is 0.698. The molecule has 1 aromatic rings. The first-order valence-corrected chi connectivity index (χ1v) is 3.45. The number of carbonyl (C=O) groups is 1. The molecule has 0 spiro atoms. The van der Waals surface area contributed by atoms with Gasteiger partial charge in [0.1, 0.15) is 5.78 Å². The summed E-state index contributed by atoms with van der Waals surface area (Å²) >= 11 is 0. The van der Waals surface area contributed by atoms with Crippen molar-refractivity contribution in [3.8, 4) is 0 Å². The van der Waals surface area contributed by atoms with Gasteiger partial charge in [-0.1, -0.05) is 12.1 Å². The van der Waals surface area contributed by atoms with Crippen molar-refractivity contribution in [3.63, 3.8) is 0 Å². The standard InChI is InChI=1S/C7H10N2O2/c1-2-6(10)3-5-4-7(8)11-9-5/h4H,2-3,8H2,1H3. The highest BCUT2D eigenvalue weighted by Gasteiger charge is 2.04. The minimum absolute atomic E-state index is 0.137. The van der Waals surface area contributed by atoms with Crippen LogP contribution in [0, 0.1) is 0 Å². The van der Waals surface area contributed by atoms with Crippen LogP contribution >= 0.6 is 0 Å². The third-order valence-corrected chi connectivity index (χ3v) is 1.35. The van der Waals surface area contributed by atoms with Crippen molar-refractivity contribution in [2.24, 2.45) is 0 Å². The highest BCUT2D eigenvalue weighted by atomic mass is 16.5. The highest BCUT2D eigenvalue weighted by molar-refractivity contribution is 5.80. The van der Waals surface area contributed by atoms with Gasteiger partial charge in [-0.25, -0.2) is 0 Å². The number of ketones is 1. The average molecular weight is 154 g/mol. The van der Waals surface area contributed by atoms with Crippen molar-refractivity contribution in [1.82, 2.24) is 5.16 Å². The molecule has 4 heteroatoms. The molecule has 0 unspecified atom stereocenters. The molecule has 1 aromatic heterocycles. The van der Waals surface area contributed by atoms with E-state index in [2.05, 4.69) is 9.68 Å². The molecule has 0 atom stereocenters. The van der Waals surface area contributed by atoms with Crippen LogP contribution in [0.2, 0.25) is 0 Å². The summed E-state index contributed by atoms with van der Waals surface area (Å²) < 4.78 is 4.59. The predicted octanol–water partition coefficient (Wildman–Crippen LogP) is 0.778. The van der Waals surface area contributed by atoms with Gasteiger partial charge in [-0.3, -0.25) is 4.79 Å². The summed E-state index contributed by atoms with van der Waals surface area (Å²) in [4.78, 5) is 10.9. The predicted molar refractivity (Wildman–Crippen MR) is 39.9 cm³/mol. The maximum atomic E-state index is 10.9. The van der Waals surface area contributed by atoms with Crippen LogP contribution < -0.4 is 5.73 Å². The van der Waals surface area contributed by atoms with Gasteiger partial charge in [0.15, 0.2) is 0 Å². The summed E-state index contributed by atoms with van der Waals surface area (Å²) in [5, 5.41) is 3.58. The van der Waals surface area contributed by atoms with Gasteiger partial charge in [0.2, 0.25) is 5.88 Å². The van der Waals surface area contributed by atoms with E-state index in [-0.39, 0.29) is 11.7 Å². The second-order valence-corrected chi connectivity index (χ2v) is 2.29. The third-order valence-electron chi connectivity index (χ3n) is 1.35. The Morgan fingerprint density at radius 3 is 3.00 bits per heavy atom. The van der Waals surface area contributed by atoms with E-state index < -0.39 is 0 Å². The maximum Gasteiger partial charge on any atom is 0.222 e. The van der Waals surface area contributed by atoms with Crippen LogP contribution in [-0.2, 0) is 11.2 Å². The zero-order valence-corrected chi connectivity index (χ0v) is 6.33. The number of anilines is 1. The number of nitrogens with two attached hydrogens (primary N) is 1. The number of Topliss-reactive ketones (excluding diaryl/α,β-unsaturated/α-hetero) is 1. The summed E-state index contributed by atoms with van der Waals surface area (Å²) in [5.74, 6) is 0.391. The molecular weight excluding hydrogens is 144 g/mol. The van der Waals surface area contributed by atoms with Crippen molar-refractivity contribution in [2.75, 3.05) is 5.73 Å². The minimum Gasteiger partial charge on any atom is -0.368 e. The average Bonchev–Trinajstić information content (AvgIpc) is 2.35. The lowest BCUT2D eigenvalue weighted by atomic mass is 10.2. The summed E-state index contributed by atoms with van der Waals surface area (Å²) in [6, 6.07) is 1.56. The summed E-state index contributed by atoms with van der Waals surface area (Å²) in [5.41, 5.74) is 5.86. The fraction of sp³-hybridized carbons (Fsp3) is 0.429. The number of nitrogens with zero attached hydrogens (tertiary/aromatic N) is 1. The first-order valence-electron chi connectivity index (χ1n) is 3.45. The van der Waals surface area contributed by atoms with E-state index in [1.54, 1.807) is 6.07 Å². The van der Waals surface area contributed by atoms with Crippen molar-refractivity contribution in [3.05, 3.63) is 11.8 Å². The zero-order valence-electron chi connectivity index (χ0n) is 6.33. The molecule has 2 N–H and O–H groups in total. The highest BCUT2D eigenvalue weighted by Crippen LogP contribution is 2.05. The lowest BCUT2D eigenvalue weighted by Gasteiger charge is -1.88. The van der Waals surface area contributed by atoms with Crippen LogP contribution in [0.5, 0.6) is 0 Å². The lowest BCUT2D eigenvalue weighted by molar-refractivity contribution is -0.118. The maximum absolute atomic E-state index is 10.9. The van der Waals surface area contributed by atoms with Crippen LogP contribution in [0.15, 0.2) is 10.6 Å². The van der Waals surface area contributed by atoms with E-state index in [0.717, 1.165) is 0 Å². The summed E-state index contributed by atoms with van der Waals surface area (Å²) in [6.07, 6.45) is 0.837. The van der Waals surface area contributed by atoms with Crippen molar-refractivity contribution >= 4 is 11.7 Å². The van der Waals surface area contributed by atoms with Crippen LogP contribution in [-0.4, -0.2) is 10.9 Å². The Morgan fingerprint density at radius 2 is 2.55 bits per heavy atom. The van der Waals surface area contributed by atoms with Gasteiger partial charge in [0.05, 0.1) is 12.1 Å². The molecule has 0 amide bonds. The van der Waals surface area contributed by atoms with Crippen molar-refractivity contribution in [1.29, 1.82) is 0 Å². The number of rotatable bonds is 3. The van der Waals surface area contributed by atoms with Crippen LogP contribution in [0.1, 0.15) is 19.0 Å². The SMILES string of the molecule is CCC(=O)Cc1cc(N)on1. The molecule has 1 heterocycles. The van der Waals surface area contributed by atoms with Gasteiger partial charge in [-0.15, -0.1) is 0 Å². The van der Waals surface area contributed by atoms with Crippen molar-refractivity contribution in [2.45, 2.75) is 19.8 Å². The van der Waals surface area contributed by atoms with Gasteiger partial charge < -0.3 is 10.3 Å². The Bertz CT molecular complexity index is 255. The van der Waals surface area contributed by atoms with Gasteiger partial charge in [-0.2, -0.15) is 0 Å². The first-order chi connectivity index (χ1) is 5.22. The molecule has 1 rings (SSSR count). The molecule has 0 radical (unpaired) electrons. The molecule has 0 bridgehead atoms. The van der Waals surface area contributed by atoms with E-state index >= 15 is 0 Å². The molecule has 0 fully saturated rings. The van der Waals surface area contributed by atoms with E-state index in [1.165, 1.54) is 0 Å². The lowest BCUT2D eigenvalue weighted by Crippen LogP contribution is -1.99. The van der Waals surface area contributed by atoms with E-state index in [9.17, 15) is 4.79 Å². The van der Waals surface area contributed by atoms with E-state index in [4.69, 9.17) is 5.73 Å². The van der Waals surface area contributed by atoms with Crippen LogP contribution in [0.4, 0.5) is 5.88 Å². The molecule has 0 aliphatic rings. The van der Waals surface area contributed by atoms with Gasteiger partial charge >= 0.3 is 0 Å². The molecule has 0 saturated heterocycles. The fourth-order valence-corrected chi connectivity index (χ4v) is 0.739. The van der Waals surface area contributed by atoms with Crippen molar-refractivity contribution < 1.29 is 9.32 Å². The summed E-state index contributed by atoms with van der Waals surface area (Å²) in [6.45, 7) is 1.81. The molecule has 4 nitrogen and oxygen atoms in total.